The summed E-state index contributed by atoms with van der Waals surface area (Å²) >= 11 is 0. The smallest absolute Gasteiger partial charge is 0.302 e. The zero-order chi connectivity index (χ0) is 18.0. The quantitative estimate of drug-likeness (QED) is 0.546. The normalized spacial score (nSPS) is 22.6. The highest BCUT2D eigenvalue weighted by atomic mass is 32.2. The number of likely N-dealkylation sites (tertiary alicyclic amines) is 1. The van der Waals surface area contributed by atoms with Crippen LogP contribution in [0.1, 0.15) is 17.5 Å². The Hall–Kier alpha value is -2.57. The minimum Gasteiger partial charge on any atom is -0.393 e. The van der Waals surface area contributed by atoms with Gasteiger partial charge in [0.15, 0.2) is 6.19 Å². The summed E-state index contributed by atoms with van der Waals surface area (Å²) in [6.07, 6.45) is 5.63. The first kappa shape index (κ1) is 17.3. The summed E-state index contributed by atoms with van der Waals surface area (Å²) in [6, 6.07) is 5.30. The van der Waals surface area contributed by atoms with Gasteiger partial charge >= 0.3 is 10.2 Å². The van der Waals surface area contributed by atoms with Crippen LogP contribution in [0.25, 0.3) is 5.57 Å². The van der Waals surface area contributed by atoms with Crippen LogP contribution >= 0.6 is 0 Å². The summed E-state index contributed by atoms with van der Waals surface area (Å²) < 4.78 is 29.4. The van der Waals surface area contributed by atoms with Crippen LogP contribution in [0, 0.1) is 16.9 Å². The number of anilines is 1. The molecule has 0 bridgehead atoms. The van der Waals surface area contributed by atoms with Gasteiger partial charge in [-0.25, -0.2) is 0 Å². The molecule has 132 valence electrons. The molecule has 2 aliphatic rings. The third-order valence-corrected chi connectivity index (χ3v) is 6.01. The van der Waals surface area contributed by atoms with E-state index in [9.17, 15) is 8.42 Å². The summed E-state index contributed by atoms with van der Waals surface area (Å²) in [5.41, 5.74) is 2.83. The molecule has 0 spiro atoms. The van der Waals surface area contributed by atoms with Crippen molar-refractivity contribution in [2.75, 3.05) is 24.9 Å². The zero-order valence-electron chi connectivity index (χ0n) is 13.9. The Morgan fingerprint density at radius 2 is 2.32 bits per heavy atom. The Kier molecular flexibility index (Phi) is 4.65. The van der Waals surface area contributed by atoms with Gasteiger partial charge in [-0.05, 0) is 23.6 Å². The fourth-order valence-electron chi connectivity index (χ4n) is 3.20. The molecule has 25 heavy (non-hydrogen) atoms. The second kappa shape index (κ2) is 6.74. The zero-order valence-corrected chi connectivity index (χ0v) is 14.7. The first-order valence-corrected chi connectivity index (χ1v) is 9.38. The molecule has 0 amide bonds. The second-order valence-electron chi connectivity index (χ2n) is 6.05. The van der Waals surface area contributed by atoms with Gasteiger partial charge < -0.3 is 15.6 Å². The predicted octanol–water partition coefficient (Wildman–Crippen LogP) is 0.924. The molecule has 0 aliphatic carbocycles. The van der Waals surface area contributed by atoms with Crippen LogP contribution in [0.5, 0.6) is 0 Å². The van der Waals surface area contributed by atoms with Gasteiger partial charge in [-0.15, -0.1) is 0 Å². The highest BCUT2D eigenvalue weighted by molar-refractivity contribution is 7.90. The van der Waals surface area contributed by atoms with E-state index in [4.69, 9.17) is 10.7 Å². The first-order valence-electron chi connectivity index (χ1n) is 7.94. The maximum atomic E-state index is 12.6. The van der Waals surface area contributed by atoms with Crippen molar-refractivity contribution >= 4 is 27.7 Å². The average molecular weight is 360 g/mol. The molecule has 0 radical (unpaired) electrons. The maximum absolute atomic E-state index is 12.6. The molecule has 1 aromatic carbocycles. The van der Waals surface area contributed by atoms with E-state index in [1.165, 1.54) is 10.5 Å². The van der Waals surface area contributed by atoms with Crippen molar-refractivity contribution in [3.63, 3.8) is 0 Å². The number of nitriles is 1. The van der Waals surface area contributed by atoms with Gasteiger partial charge in [-0.1, -0.05) is 12.1 Å². The standard InChI is InChI=1S/C16H20N6O2S/c1-19-8-14(7-17)12-2-3-13-9-22(15-4-5-21(10-15)11-18)25(23,24)20-16(13)6-12/h2-3,6-8,15,17,19-20H,4-5,9-10H2,1H3/b14-8+,17-7?/t15-/m1/s1. The van der Waals surface area contributed by atoms with E-state index in [1.54, 1.807) is 24.2 Å². The minimum atomic E-state index is -3.66. The Labute approximate surface area is 147 Å². The molecule has 1 fully saturated rings. The Balaban J connectivity index is 1.90. The predicted molar refractivity (Wildman–Crippen MR) is 95.9 cm³/mol. The molecule has 9 heteroatoms. The summed E-state index contributed by atoms with van der Waals surface area (Å²) in [7, 11) is -1.91. The summed E-state index contributed by atoms with van der Waals surface area (Å²) in [5, 5.41) is 19.3. The van der Waals surface area contributed by atoms with Crippen molar-refractivity contribution in [3.05, 3.63) is 35.5 Å². The van der Waals surface area contributed by atoms with Gasteiger partial charge in [0.25, 0.3) is 0 Å². The van der Waals surface area contributed by atoms with Crippen LogP contribution in [0.2, 0.25) is 0 Å². The monoisotopic (exact) mass is 360 g/mol. The van der Waals surface area contributed by atoms with Crippen LogP contribution in [0.15, 0.2) is 24.4 Å². The number of fused-ring (bicyclic) bond motifs is 1. The van der Waals surface area contributed by atoms with Crippen molar-refractivity contribution < 1.29 is 8.42 Å². The van der Waals surface area contributed by atoms with E-state index in [0.29, 0.717) is 30.8 Å². The molecule has 1 atom stereocenters. The van der Waals surface area contributed by atoms with Crippen LogP contribution in [0.4, 0.5) is 5.69 Å². The molecule has 1 aromatic rings. The van der Waals surface area contributed by atoms with E-state index in [-0.39, 0.29) is 12.6 Å². The summed E-state index contributed by atoms with van der Waals surface area (Å²) in [4.78, 5) is 1.58. The van der Waals surface area contributed by atoms with Crippen molar-refractivity contribution in [1.82, 2.24) is 14.5 Å². The number of rotatable bonds is 4. The van der Waals surface area contributed by atoms with Gasteiger partial charge in [-0.2, -0.15) is 18.0 Å². The van der Waals surface area contributed by atoms with Crippen molar-refractivity contribution in [2.24, 2.45) is 0 Å². The van der Waals surface area contributed by atoms with Crippen LogP contribution < -0.4 is 10.0 Å². The topological polar surface area (TPSA) is 112 Å². The fraction of sp³-hybridized carbons (Fsp3) is 0.375. The van der Waals surface area contributed by atoms with E-state index in [1.807, 2.05) is 12.1 Å². The maximum Gasteiger partial charge on any atom is 0.302 e. The third kappa shape index (κ3) is 3.31. The van der Waals surface area contributed by atoms with E-state index in [0.717, 1.165) is 11.1 Å². The lowest BCUT2D eigenvalue weighted by molar-refractivity contribution is 0.313. The fourth-order valence-corrected chi connectivity index (χ4v) is 4.66. The van der Waals surface area contributed by atoms with Crippen molar-refractivity contribution in [2.45, 2.75) is 19.0 Å². The van der Waals surface area contributed by atoms with Gasteiger partial charge in [-0.3, -0.25) is 4.72 Å². The molecule has 2 heterocycles. The van der Waals surface area contributed by atoms with Crippen LogP contribution in [-0.4, -0.2) is 50.0 Å². The van der Waals surface area contributed by atoms with Gasteiger partial charge in [0.05, 0.1) is 5.69 Å². The van der Waals surface area contributed by atoms with E-state index >= 15 is 0 Å². The van der Waals surface area contributed by atoms with Crippen LogP contribution in [0.3, 0.4) is 0 Å². The Bertz CT molecular complexity index is 858. The van der Waals surface area contributed by atoms with Gasteiger partial charge in [0.1, 0.15) is 0 Å². The van der Waals surface area contributed by atoms with Crippen molar-refractivity contribution in [1.29, 1.82) is 10.7 Å². The third-order valence-electron chi connectivity index (χ3n) is 4.48. The molecule has 1 saturated heterocycles. The van der Waals surface area contributed by atoms with Gasteiger partial charge in [0, 0.05) is 50.7 Å². The molecule has 3 rings (SSSR count). The molecule has 3 N–H and O–H groups in total. The van der Waals surface area contributed by atoms with E-state index < -0.39 is 10.2 Å². The number of allylic oxidation sites excluding steroid dienone is 1. The molecule has 0 aromatic heterocycles. The Morgan fingerprint density at radius 3 is 2.96 bits per heavy atom. The molecule has 8 nitrogen and oxygen atoms in total. The molecule has 2 aliphatic heterocycles. The first-order chi connectivity index (χ1) is 12.0. The lowest BCUT2D eigenvalue weighted by Gasteiger charge is -2.33. The lowest BCUT2D eigenvalue weighted by Crippen LogP contribution is -2.46. The second-order valence-corrected chi connectivity index (χ2v) is 7.67. The summed E-state index contributed by atoms with van der Waals surface area (Å²) in [6.45, 7) is 1.29. The molecular formula is C16H20N6O2S. The highest BCUT2D eigenvalue weighted by Crippen LogP contribution is 2.32. The number of nitrogens with zero attached hydrogens (tertiary/aromatic N) is 3. The molecule has 0 unspecified atom stereocenters. The largest absolute Gasteiger partial charge is 0.393 e. The van der Waals surface area contributed by atoms with Crippen molar-refractivity contribution in [3.8, 4) is 6.19 Å². The van der Waals surface area contributed by atoms with E-state index in [2.05, 4.69) is 16.2 Å². The molecule has 0 saturated carbocycles. The Morgan fingerprint density at radius 1 is 1.52 bits per heavy atom. The van der Waals surface area contributed by atoms with Gasteiger partial charge in [0.2, 0.25) is 0 Å². The summed E-state index contributed by atoms with van der Waals surface area (Å²) in [5.74, 6) is 0. The number of hydrogen-bond donors (Lipinski definition) is 3. The highest BCUT2D eigenvalue weighted by Gasteiger charge is 2.38. The van der Waals surface area contributed by atoms with Crippen LogP contribution in [-0.2, 0) is 16.8 Å². The molecular weight excluding hydrogens is 340 g/mol. The SMILES string of the molecule is CN/C=C(\C=N)c1ccc2c(c1)NS(=O)(=O)N([C@@H]1CCN(C#N)C1)C2. The lowest BCUT2D eigenvalue weighted by atomic mass is 10.0. The number of hydrogen-bond acceptors (Lipinski definition) is 6. The number of benzene rings is 1. The average Bonchev–Trinajstić information content (AvgIpc) is 3.06. The number of nitrogens with one attached hydrogen (secondary N) is 3. The minimum absolute atomic E-state index is 0.203.